The van der Waals surface area contributed by atoms with Crippen LogP contribution in [-0.4, -0.2) is 48.9 Å². The molecule has 0 aliphatic carbocycles. The fraction of sp³-hybridized carbons (Fsp3) is 0.300. The zero-order chi connectivity index (χ0) is 13.6. The average Bonchev–Trinajstić information content (AvgIpc) is 2.94. The fourth-order valence-corrected chi connectivity index (χ4v) is 1.91. The van der Waals surface area contributed by atoms with Gasteiger partial charge in [0.15, 0.2) is 11.2 Å². The number of nitrogens with zero attached hydrogens (tertiary/aromatic N) is 3. The van der Waals surface area contributed by atoms with E-state index in [2.05, 4.69) is 15.0 Å². The van der Waals surface area contributed by atoms with Gasteiger partial charge in [0.2, 0.25) is 12.0 Å². The van der Waals surface area contributed by atoms with E-state index in [0.29, 0.717) is 0 Å². The van der Waals surface area contributed by atoms with Gasteiger partial charge in [-0.3, -0.25) is 19.0 Å². The van der Waals surface area contributed by atoms with Gasteiger partial charge in [-0.1, -0.05) is 0 Å². The lowest BCUT2D eigenvalue weighted by atomic mass is 10.2. The third-order valence-corrected chi connectivity index (χ3v) is 2.84. The van der Waals surface area contributed by atoms with Gasteiger partial charge in [-0.25, -0.2) is 9.97 Å². The number of carbonyl (C=O) groups is 2. The molecule has 98 valence electrons. The summed E-state index contributed by atoms with van der Waals surface area (Å²) >= 11 is 0. The maximum Gasteiger partial charge on any atom is 0.278 e. The number of imidazole rings is 1. The zero-order valence-electron chi connectivity index (χ0n) is 9.44. The molecule has 1 aliphatic rings. The molecule has 0 spiro atoms. The van der Waals surface area contributed by atoms with Crippen LogP contribution in [0, 0.1) is 0 Å². The molecule has 1 fully saturated rings. The number of Topliss-reactive ketones (excluding diaryl/α,β-unsaturated/α-hetero) is 2. The molecule has 0 unspecified atom stereocenters. The summed E-state index contributed by atoms with van der Waals surface area (Å²) in [5, 5.41) is 8.93. The van der Waals surface area contributed by atoms with Crippen molar-refractivity contribution in [3.05, 3.63) is 23.0 Å². The monoisotopic (exact) mass is 264 g/mol. The number of hydrogen-bond acceptors (Lipinski definition) is 7. The second-order valence-electron chi connectivity index (χ2n) is 3.94. The predicted molar refractivity (Wildman–Crippen MR) is 59.2 cm³/mol. The highest BCUT2D eigenvalue weighted by atomic mass is 16.5. The Morgan fingerprint density at radius 3 is 2.79 bits per heavy atom. The van der Waals surface area contributed by atoms with Crippen LogP contribution in [0.5, 0.6) is 0 Å². The molecule has 2 N–H and O–H groups in total. The maximum absolute atomic E-state index is 11.8. The number of aliphatic hydroxyl groups is 1. The van der Waals surface area contributed by atoms with Gasteiger partial charge in [0.1, 0.15) is 6.10 Å². The van der Waals surface area contributed by atoms with E-state index in [-0.39, 0.29) is 11.2 Å². The fourth-order valence-electron chi connectivity index (χ4n) is 1.91. The topological polar surface area (TPSA) is 127 Å². The molecule has 1 saturated heterocycles. The van der Waals surface area contributed by atoms with Crippen molar-refractivity contribution in [3.8, 4) is 0 Å². The third-order valence-electron chi connectivity index (χ3n) is 2.84. The van der Waals surface area contributed by atoms with Crippen LogP contribution < -0.4 is 5.56 Å². The van der Waals surface area contributed by atoms with E-state index in [4.69, 9.17) is 9.84 Å². The molecular formula is C10H8N4O5. The molecule has 0 radical (unpaired) electrons. The SMILES string of the molecule is O=C1C(=O)[C@@H](CO)O[C@H]1n1cnc2c(=O)[nH]cnc21. The maximum atomic E-state index is 11.8. The summed E-state index contributed by atoms with van der Waals surface area (Å²) in [6.07, 6.45) is -0.0725. The Kier molecular flexibility index (Phi) is 2.50. The summed E-state index contributed by atoms with van der Waals surface area (Å²) in [7, 11) is 0. The number of rotatable bonds is 2. The first kappa shape index (κ1) is 11.7. The highest BCUT2D eigenvalue weighted by Crippen LogP contribution is 2.24. The number of nitrogens with one attached hydrogen (secondary N) is 1. The lowest BCUT2D eigenvalue weighted by molar-refractivity contribution is -0.136. The predicted octanol–water partition coefficient (Wildman–Crippen LogP) is -1.85. The molecular weight excluding hydrogens is 256 g/mol. The van der Waals surface area contributed by atoms with Crippen LogP contribution in [0.25, 0.3) is 11.2 Å². The summed E-state index contributed by atoms with van der Waals surface area (Å²) in [5.74, 6) is -1.61. The normalized spacial score (nSPS) is 23.4. The number of hydrogen-bond donors (Lipinski definition) is 2. The van der Waals surface area contributed by atoms with Crippen molar-refractivity contribution in [2.24, 2.45) is 0 Å². The first-order chi connectivity index (χ1) is 9.13. The van der Waals surface area contributed by atoms with E-state index in [0.717, 1.165) is 6.33 Å². The quantitative estimate of drug-likeness (QED) is 0.609. The minimum atomic E-state index is -1.25. The zero-order valence-corrected chi connectivity index (χ0v) is 9.44. The first-order valence-corrected chi connectivity index (χ1v) is 5.38. The Morgan fingerprint density at radius 2 is 2.11 bits per heavy atom. The van der Waals surface area contributed by atoms with Gasteiger partial charge in [-0.05, 0) is 0 Å². The largest absolute Gasteiger partial charge is 0.393 e. The van der Waals surface area contributed by atoms with Crippen LogP contribution in [0.2, 0.25) is 0 Å². The third kappa shape index (κ3) is 1.59. The van der Waals surface area contributed by atoms with Crippen molar-refractivity contribution in [3.63, 3.8) is 0 Å². The number of aliphatic hydroxyl groups excluding tert-OH is 1. The van der Waals surface area contributed by atoms with Gasteiger partial charge in [0.25, 0.3) is 11.3 Å². The Balaban J connectivity index is 2.11. The van der Waals surface area contributed by atoms with Crippen LogP contribution in [0.4, 0.5) is 0 Å². The summed E-state index contributed by atoms with van der Waals surface area (Å²) in [6.45, 7) is -0.582. The van der Waals surface area contributed by atoms with Gasteiger partial charge >= 0.3 is 0 Å². The van der Waals surface area contributed by atoms with Crippen molar-refractivity contribution < 1.29 is 19.4 Å². The summed E-state index contributed by atoms with van der Waals surface area (Å²) in [4.78, 5) is 44.8. The molecule has 9 nitrogen and oxygen atoms in total. The molecule has 2 atom stereocenters. The standard InChI is InChI=1S/C10H8N4O5/c15-1-4-6(16)7(17)10(19-4)14-3-13-5-8(14)11-2-12-9(5)18/h2-4,10,15H,1H2,(H,11,12,18)/t4-,10-/m1/s1. The minimum absolute atomic E-state index is 0.0406. The van der Waals surface area contributed by atoms with Crippen LogP contribution in [0.1, 0.15) is 6.23 Å². The molecule has 0 amide bonds. The highest BCUT2D eigenvalue weighted by Gasteiger charge is 2.43. The molecule has 3 heterocycles. The van der Waals surface area contributed by atoms with Crippen LogP contribution in [0.15, 0.2) is 17.4 Å². The van der Waals surface area contributed by atoms with Gasteiger partial charge in [0, 0.05) is 0 Å². The van der Waals surface area contributed by atoms with Gasteiger partial charge < -0.3 is 14.8 Å². The lowest BCUT2D eigenvalue weighted by Gasteiger charge is -2.10. The Hall–Kier alpha value is -2.39. The molecule has 3 rings (SSSR count). The van der Waals surface area contributed by atoms with Crippen molar-refractivity contribution in [2.75, 3.05) is 6.61 Å². The molecule has 19 heavy (non-hydrogen) atoms. The number of aromatic amines is 1. The second-order valence-corrected chi connectivity index (χ2v) is 3.94. The second kappa shape index (κ2) is 4.07. The van der Waals surface area contributed by atoms with E-state index >= 15 is 0 Å². The van der Waals surface area contributed by atoms with Gasteiger partial charge in [0.05, 0.1) is 19.3 Å². The first-order valence-electron chi connectivity index (χ1n) is 5.38. The number of H-pyrrole nitrogens is 1. The van der Waals surface area contributed by atoms with E-state index in [9.17, 15) is 14.4 Å². The summed E-state index contributed by atoms with van der Waals surface area (Å²) in [6, 6.07) is 0. The molecule has 9 heteroatoms. The number of aromatic nitrogens is 4. The van der Waals surface area contributed by atoms with Crippen molar-refractivity contribution in [2.45, 2.75) is 12.3 Å². The molecule has 2 aromatic rings. The molecule has 2 aromatic heterocycles. The smallest absolute Gasteiger partial charge is 0.278 e. The van der Waals surface area contributed by atoms with Crippen molar-refractivity contribution in [1.82, 2.24) is 19.5 Å². The number of carbonyl (C=O) groups excluding carboxylic acids is 2. The number of fused-ring (bicyclic) bond motifs is 1. The highest BCUT2D eigenvalue weighted by molar-refractivity contribution is 6.41. The van der Waals surface area contributed by atoms with E-state index in [1.165, 1.54) is 10.9 Å². The summed E-state index contributed by atoms with van der Waals surface area (Å²) < 4.78 is 6.34. The number of ether oxygens (including phenoxy) is 1. The van der Waals surface area contributed by atoms with Gasteiger partial charge in [-0.15, -0.1) is 0 Å². The Bertz CT molecular complexity index is 733. The van der Waals surface area contributed by atoms with Crippen molar-refractivity contribution >= 4 is 22.7 Å². The Labute approximate surface area is 104 Å². The summed E-state index contributed by atoms with van der Waals surface area (Å²) in [5.41, 5.74) is -0.286. The van der Waals surface area contributed by atoms with E-state index in [1.54, 1.807) is 0 Å². The van der Waals surface area contributed by atoms with E-state index < -0.39 is 36.1 Å². The lowest BCUT2D eigenvalue weighted by Crippen LogP contribution is -2.23. The number of ketones is 2. The molecule has 1 aliphatic heterocycles. The van der Waals surface area contributed by atoms with Crippen molar-refractivity contribution in [1.29, 1.82) is 0 Å². The average molecular weight is 264 g/mol. The molecule has 0 bridgehead atoms. The van der Waals surface area contributed by atoms with Crippen LogP contribution >= 0.6 is 0 Å². The molecule has 0 aromatic carbocycles. The molecule has 0 saturated carbocycles. The van der Waals surface area contributed by atoms with Crippen LogP contribution in [-0.2, 0) is 14.3 Å². The van der Waals surface area contributed by atoms with E-state index in [1.807, 2.05) is 0 Å². The Morgan fingerprint density at radius 1 is 1.32 bits per heavy atom. The van der Waals surface area contributed by atoms with Gasteiger partial charge in [-0.2, -0.15) is 0 Å². The van der Waals surface area contributed by atoms with Crippen LogP contribution in [0.3, 0.4) is 0 Å². The minimum Gasteiger partial charge on any atom is -0.393 e.